The average molecular weight is 307 g/mol. The first kappa shape index (κ1) is 13.7. The van der Waals surface area contributed by atoms with Crippen LogP contribution in [0, 0.1) is 0 Å². The van der Waals surface area contributed by atoms with Crippen molar-refractivity contribution in [1.82, 2.24) is 14.5 Å². The van der Waals surface area contributed by atoms with Crippen LogP contribution in [0.2, 0.25) is 0 Å². The molecule has 21 heavy (non-hydrogen) atoms. The van der Waals surface area contributed by atoms with Crippen LogP contribution in [0.25, 0.3) is 11.3 Å². The molecular formula is C13H13N3O4S. The van der Waals surface area contributed by atoms with Gasteiger partial charge in [-0.15, -0.1) is 0 Å². The summed E-state index contributed by atoms with van der Waals surface area (Å²) >= 11 is 0. The van der Waals surface area contributed by atoms with E-state index < -0.39 is 10.0 Å². The molecule has 3 aromatic rings. The lowest BCUT2D eigenvalue weighted by Crippen LogP contribution is -2.22. The van der Waals surface area contributed by atoms with E-state index in [1.165, 1.54) is 17.1 Å². The van der Waals surface area contributed by atoms with Gasteiger partial charge >= 0.3 is 0 Å². The normalized spacial score (nSPS) is 11.9. The van der Waals surface area contributed by atoms with Crippen molar-refractivity contribution in [2.45, 2.75) is 11.4 Å². The molecule has 110 valence electrons. The number of rotatable bonds is 5. The van der Waals surface area contributed by atoms with Crippen molar-refractivity contribution in [2.24, 2.45) is 7.05 Å². The van der Waals surface area contributed by atoms with E-state index in [0.29, 0.717) is 11.5 Å². The Labute approximate surface area is 121 Å². The van der Waals surface area contributed by atoms with E-state index in [4.69, 9.17) is 8.83 Å². The molecule has 0 aliphatic carbocycles. The fraction of sp³-hybridized carbons (Fsp3) is 0.154. The van der Waals surface area contributed by atoms with E-state index in [1.54, 1.807) is 37.8 Å². The maximum atomic E-state index is 12.0. The highest BCUT2D eigenvalue weighted by Gasteiger charge is 2.16. The monoisotopic (exact) mass is 307 g/mol. The van der Waals surface area contributed by atoms with Crippen molar-refractivity contribution in [3.63, 3.8) is 0 Å². The first-order valence-corrected chi connectivity index (χ1v) is 7.62. The van der Waals surface area contributed by atoms with Crippen molar-refractivity contribution in [3.8, 4) is 11.3 Å². The third-order valence-corrected chi connectivity index (χ3v) is 4.25. The van der Waals surface area contributed by atoms with Gasteiger partial charge in [-0.25, -0.2) is 13.1 Å². The van der Waals surface area contributed by atoms with E-state index in [9.17, 15) is 8.42 Å². The quantitative estimate of drug-likeness (QED) is 0.775. The second-order valence-electron chi connectivity index (χ2n) is 4.45. The van der Waals surface area contributed by atoms with Crippen molar-refractivity contribution < 1.29 is 17.3 Å². The molecule has 0 unspecified atom stereocenters. The van der Waals surface area contributed by atoms with Gasteiger partial charge < -0.3 is 8.83 Å². The number of hydrogen-bond donors (Lipinski definition) is 1. The predicted octanol–water partition coefficient (Wildman–Crippen LogP) is 1.75. The highest BCUT2D eigenvalue weighted by atomic mass is 32.2. The zero-order chi connectivity index (χ0) is 14.9. The zero-order valence-electron chi connectivity index (χ0n) is 11.2. The minimum Gasteiger partial charge on any atom is -0.472 e. The molecule has 0 atom stereocenters. The fourth-order valence-corrected chi connectivity index (χ4v) is 2.80. The lowest BCUT2D eigenvalue weighted by molar-refractivity contribution is 0.507. The molecule has 0 aliphatic heterocycles. The summed E-state index contributed by atoms with van der Waals surface area (Å²) in [6.07, 6.45) is 5.83. The summed E-state index contributed by atoms with van der Waals surface area (Å²) in [6, 6.07) is 5.25. The van der Waals surface area contributed by atoms with Gasteiger partial charge in [-0.2, -0.15) is 5.10 Å². The van der Waals surface area contributed by atoms with Gasteiger partial charge in [0.2, 0.25) is 10.0 Å². The third-order valence-electron chi connectivity index (χ3n) is 2.90. The van der Waals surface area contributed by atoms with E-state index >= 15 is 0 Å². The first-order valence-electron chi connectivity index (χ1n) is 6.14. The highest BCUT2D eigenvalue weighted by Crippen LogP contribution is 2.22. The molecule has 3 aromatic heterocycles. The highest BCUT2D eigenvalue weighted by molar-refractivity contribution is 7.89. The van der Waals surface area contributed by atoms with Gasteiger partial charge in [0, 0.05) is 13.2 Å². The van der Waals surface area contributed by atoms with Crippen LogP contribution in [0.15, 0.2) is 56.8 Å². The summed E-state index contributed by atoms with van der Waals surface area (Å²) in [5.74, 6) is 1.14. The molecule has 0 aliphatic rings. The van der Waals surface area contributed by atoms with Crippen LogP contribution in [-0.2, 0) is 23.6 Å². The second kappa shape index (κ2) is 5.23. The first-order chi connectivity index (χ1) is 10.0. The standard InChI is InChI=1S/C13H13N3O4S/c1-16-8-12(7-14-16)21(17,18)15-6-11-2-3-13(20-11)10-4-5-19-9-10/h2-5,7-9,15H,6H2,1H3. The molecule has 0 radical (unpaired) electrons. The Morgan fingerprint density at radius 2 is 2.19 bits per heavy atom. The maximum absolute atomic E-state index is 12.0. The molecule has 0 fully saturated rings. The molecular weight excluding hydrogens is 294 g/mol. The number of sulfonamides is 1. The number of hydrogen-bond acceptors (Lipinski definition) is 5. The molecule has 3 rings (SSSR count). The molecule has 8 heteroatoms. The number of aromatic nitrogens is 2. The summed E-state index contributed by atoms with van der Waals surface area (Å²) in [4.78, 5) is 0.117. The summed E-state index contributed by atoms with van der Waals surface area (Å²) in [7, 11) is -1.94. The molecule has 0 bridgehead atoms. The van der Waals surface area contributed by atoms with Crippen molar-refractivity contribution in [2.75, 3.05) is 0 Å². The van der Waals surface area contributed by atoms with E-state index in [-0.39, 0.29) is 11.4 Å². The SMILES string of the molecule is Cn1cc(S(=O)(=O)NCc2ccc(-c3ccoc3)o2)cn1. The van der Waals surface area contributed by atoms with Gasteiger partial charge in [0.05, 0.1) is 24.6 Å². The van der Waals surface area contributed by atoms with Gasteiger partial charge in [0.25, 0.3) is 0 Å². The largest absolute Gasteiger partial charge is 0.472 e. The van der Waals surface area contributed by atoms with Crippen molar-refractivity contribution in [1.29, 1.82) is 0 Å². The van der Waals surface area contributed by atoms with Gasteiger partial charge in [-0.3, -0.25) is 4.68 Å². The Hall–Kier alpha value is -2.32. The number of nitrogens with one attached hydrogen (secondary N) is 1. The summed E-state index contributed by atoms with van der Waals surface area (Å²) in [6.45, 7) is 0.0646. The Bertz CT molecular complexity index is 831. The lowest BCUT2D eigenvalue weighted by atomic mass is 10.3. The average Bonchev–Trinajstić information content (AvgIpc) is 3.17. The molecule has 7 nitrogen and oxygen atoms in total. The van der Waals surface area contributed by atoms with E-state index in [0.717, 1.165) is 5.56 Å². The molecule has 0 saturated heterocycles. The van der Waals surface area contributed by atoms with Gasteiger partial charge in [-0.1, -0.05) is 0 Å². The van der Waals surface area contributed by atoms with Gasteiger partial charge in [0.15, 0.2) is 0 Å². The number of aryl methyl sites for hydroxylation is 1. The zero-order valence-corrected chi connectivity index (χ0v) is 12.0. The molecule has 0 spiro atoms. The molecule has 0 saturated carbocycles. The minimum absolute atomic E-state index is 0.0646. The van der Waals surface area contributed by atoms with Crippen LogP contribution in [0.4, 0.5) is 0 Å². The fourth-order valence-electron chi connectivity index (χ4n) is 1.82. The topological polar surface area (TPSA) is 90.3 Å². The molecule has 0 amide bonds. The smallest absolute Gasteiger partial charge is 0.244 e. The molecule has 0 aromatic carbocycles. The van der Waals surface area contributed by atoms with Crippen LogP contribution in [0.3, 0.4) is 0 Å². The Kier molecular flexibility index (Phi) is 3.40. The van der Waals surface area contributed by atoms with Crippen molar-refractivity contribution >= 4 is 10.0 Å². The van der Waals surface area contributed by atoms with Crippen LogP contribution < -0.4 is 4.72 Å². The second-order valence-corrected chi connectivity index (χ2v) is 6.22. The van der Waals surface area contributed by atoms with Gasteiger partial charge in [0.1, 0.15) is 22.7 Å². The van der Waals surface area contributed by atoms with Crippen LogP contribution in [0.5, 0.6) is 0 Å². The van der Waals surface area contributed by atoms with Gasteiger partial charge in [-0.05, 0) is 18.2 Å². The van der Waals surface area contributed by atoms with E-state index in [1.807, 2.05) is 0 Å². The maximum Gasteiger partial charge on any atom is 0.244 e. The minimum atomic E-state index is -3.59. The predicted molar refractivity (Wildman–Crippen MR) is 73.6 cm³/mol. The Balaban J connectivity index is 1.71. The Morgan fingerprint density at radius 3 is 2.86 bits per heavy atom. The third kappa shape index (κ3) is 2.91. The summed E-state index contributed by atoms with van der Waals surface area (Å²) < 4.78 is 38.5. The number of nitrogens with zero attached hydrogens (tertiary/aromatic N) is 2. The van der Waals surface area contributed by atoms with Crippen LogP contribution in [0.1, 0.15) is 5.76 Å². The summed E-state index contributed by atoms with van der Waals surface area (Å²) in [5.41, 5.74) is 0.802. The Morgan fingerprint density at radius 1 is 1.33 bits per heavy atom. The van der Waals surface area contributed by atoms with Crippen LogP contribution >= 0.6 is 0 Å². The molecule has 3 heterocycles. The molecule has 1 N–H and O–H groups in total. The summed E-state index contributed by atoms with van der Waals surface area (Å²) in [5, 5.41) is 3.84. The van der Waals surface area contributed by atoms with Crippen LogP contribution in [-0.4, -0.2) is 18.2 Å². The van der Waals surface area contributed by atoms with E-state index in [2.05, 4.69) is 9.82 Å². The van der Waals surface area contributed by atoms with Crippen molar-refractivity contribution in [3.05, 3.63) is 48.9 Å². The number of furan rings is 2. The lowest BCUT2D eigenvalue weighted by Gasteiger charge is -2.02.